The third kappa shape index (κ3) is 13.7. The topological polar surface area (TPSA) is 91.3 Å². The first-order valence-electron chi connectivity index (χ1n) is 12.5. The van der Waals surface area contributed by atoms with Crippen LogP contribution in [-0.2, 0) is 26.4 Å². The van der Waals surface area contributed by atoms with Gasteiger partial charge in [0.15, 0.2) is 0 Å². The molecule has 0 unspecified atom stereocenters. The van der Waals surface area contributed by atoms with Crippen molar-refractivity contribution in [3.05, 3.63) is 166 Å². The van der Waals surface area contributed by atoms with E-state index in [2.05, 4.69) is 56.5 Å². The largest absolute Gasteiger partial charge is 0.530 e. The molecule has 4 aromatic rings. The molecule has 0 aliphatic heterocycles. The van der Waals surface area contributed by atoms with E-state index >= 15 is 0 Å². The Balaban J connectivity index is 0.000000387. The molecule has 1 aliphatic carbocycles. The van der Waals surface area contributed by atoms with Crippen LogP contribution in [0.4, 0.5) is 0 Å². The number of hydrogen-bond acceptors (Lipinski definition) is 4. The van der Waals surface area contributed by atoms with E-state index in [4.69, 9.17) is 28.1 Å². The van der Waals surface area contributed by atoms with Crippen molar-refractivity contribution in [2.75, 3.05) is 0 Å². The fraction of sp³-hybridized carbons (Fsp3) is 0.0882. The van der Waals surface area contributed by atoms with Crippen molar-refractivity contribution in [1.29, 1.82) is 5.26 Å². The van der Waals surface area contributed by atoms with Crippen LogP contribution in [-0.4, -0.2) is 0 Å². The summed E-state index contributed by atoms with van der Waals surface area (Å²) in [5.41, 5.74) is 1.32. The maximum absolute atomic E-state index is 8.83. The number of rotatable bonds is 7. The number of nitrogens with zero attached hydrogens (tertiary/aromatic N) is 1. The second-order valence-electron chi connectivity index (χ2n) is 8.16. The summed E-state index contributed by atoms with van der Waals surface area (Å²) in [7, 11) is -1.59. The molecule has 1 saturated carbocycles. The van der Waals surface area contributed by atoms with Crippen LogP contribution in [0.3, 0.4) is 0 Å². The molecule has 1 fully saturated rings. The van der Waals surface area contributed by atoms with Gasteiger partial charge in [-0.05, 0) is 80.0 Å². The van der Waals surface area contributed by atoms with Gasteiger partial charge in [-0.2, -0.15) is 5.26 Å². The van der Waals surface area contributed by atoms with Crippen molar-refractivity contribution in [3.63, 3.8) is 0 Å². The van der Waals surface area contributed by atoms with Gasteiger partial charge in [0.25, 0.3) is 0 Å². The molecule has 0 heterocycles. The summed E-state index contributed by atoms with van der Waals surface area (Å²) in [6.45, 7) is 9.00. The van der Waals surface area contributed by atoms with Gasteiger partial charge in [0.1, 0.15) is 17.2 Å². The first-order valence-corrected chi connectivity index (χ1v) is 13.6. The number of para-hydroxylation sites is 3. The van der Waals surface area contributed by atoms with Crippen LogP contribution in [0.1, 0.15) is 17.9 Å². The third-order valence-electron chi connectivity index (χ3n) is 5.45. The minimum absolute atomic E-state index is 0. The van der Waals surface area contributed by atoms with Crippen LogP contribution in [0.5, 0.6) is 17.2 Å². The van der Waals surface area contributed by atoms with Gasteiger partial charge in [-0.1, -0.05) is 84.9 Å². The zero-order valence-corrected chi connectivity index (χ0v) is 24.5. The molecule has 0 bridgehead atoms. The summed E-state index contributed by atoms with van der Waals surface area (Å²) in [5.74, 6) is 2.51. The van der Waals surface area contributed by atoms with Gasteiger partial charge >= 0.3 is 31.2 Å². The number of benzene rings is 4. The molecular weight excluding hydrogens is 589 g/mol. The Kier molecular flexibility index (Phi) is 19.7. The molecule has 212 valence electrons. The Bertz CT molecular complexity index is 1200. The average Bonchev–Trinajstić information content (AvgIpc) is 3.31. The molecule has 6 nitrogen and oxygen atoms in total. The van der Waals surface area contributed by atoms with Gasteiger partial charge in [-0.25, -0.2) is 0 Å². The van der Waals surface area contributed by atoms with Gasteiger partial charge in [0.05, 0.1) is 12.0 Å². The monoisotopic (exact) mass is 617 g/mol. The first kappa shape index (κ1) is 36.2. The van der Waals surface area contributed by atoms with Gasteiger partial charge in [-0.15, -0.1) is 0 Å². The summed E-state index contributed by atoms with van der Waals surface area (Å²) >= 11 is 0. The van der Waals surface area contributed by atoms with Gasteiger partial charge in [0, 0.05) is 17.1 Å². The van der Waals surface area contributed by atoms with E-state index in [1.807, 2.05) is 110 Å². The molecule has 0 aromatic heterocycles. The predicted octanol–water partition coefficient (Wildman–Crippen LogP) is 8.50. The van der Waals surface area contributed by atoms with Gasteiger partial charge < -0.3 is 13.6 Å². The minimum Gasteiger partial charge on any atom is -0.409 e. The maximum Gasteiger partial charge on any atom is 0.530 e. The minimum atomic E-state index is -1.59. The fourth-order valence-electron chi connectivity index (χ4n) is 3.57. The van der Waals surface area contributed by atoms with Crippen molar-refractivity contribution in [2.24, 2.45) is 5.92 Å². The molecule has 4 radical (unpaired) electrons. The molecule has 1 aliphatic rings. The zero-order valence-electron chi connectivity index (χ0n) is 22.5. The van der Waals surface area contributed by atoms with Crippen LogP contribution in [0.2, 0.25) is 0 Å². The van der Waals surface area contributed by atoms with E-state index in [1.165, 1.54) is 5.56 Å². The predicted molar refractivity (Wildman–Crippen MR) is 156 cm³/mol. The van der Waals surface area contributed by atoms with E-state index in [9.17, 15) is 0 Å². The Morgan fingerprint density at radius 2 is 1.00 bits per heavy atom. The van der Waals surface area contributed by atoms with E-state index in [0.29, 0.717) is 23.2 Å². The summed E-state index contributed by atoms with van der Waals surface area (Å²) in [6, 6.07) is 41.2. The van der Waals surface area contributed by atoms with Gasteiger partial charge in [-0.3, -0.25) is 0 Å². The Hall–Kier alpha value is -3.80. The second-order valence-corrected chi connectivity index (χ2v) is 9.15. The molecule has 0 N–H and O–H groups in total. The van der Waals surface area contributed by atoms with Crippen LogP contribution >= 0.6 is 8.60 Å². The fourth-order valence-corrected chi connectivity index (χ4v) is 4.56. The Morgan fingerprint density at radius 1 is 0.619 bits per heavy atom. The van der Waals surface area contributed by atoms with Gasteiger partial charge in [0.2, 0.25) is 0 Å². The molecule has 8 heteroatoms. The maximum atomic E-state index is 8.83. The van der Waals surface area contributed by atoms with Crippen LogP contribution in [0.15, 0.2) is 121 Å². The summed E-state index contributed by atoms with van der Waals surface area (Å²) in [4.78, 5) is 0. The second kappa shape index (κ2) is 22.8. The van der Waals surface area contributed by atoms with Crippen LogP contribution < -0.4 is 13.6 Å². The molecule has 2 atom stereocenters. The van der Waals surface area contributed by atoms with Crippen LogP contribution in [0, 0.1) is 56.2 Å². The normalized spacial score (nSPS) is 15.0. The van der Waals surface area contributed by atoms with Crippen LogP contribution in [0.25, 0.3) is 0 Å². The van der Waals surface area contributed by atoms with Crippen molar-refractivity contribution in [2.45, 2.75) is 12.3 Å². The standard InChI is InChI=1S/C18H15O3P.C14H13N.2CO.Fe/c1-4-10-16(11-5-1)19-22(20-17-12-6-2-7-13-17)21-18-14-8-3-9-15-18;15-11-12-5-4-8-14(10-9-12)13-6-2-1-3-7-13;2*1-2;/h1-15H;1-9,12,14H,10H2;;;/t;12-,14+;;;/m.1.../s1. The third-order valence-corrected chi connectivity index (χ3v) is 6.53. The van der Waals surface area contributed by atoms with Crippen molar-refractivity contribution in [1.82, 2.24) is 0 Å². The molecule has 0 saturated heterocycles. The molecule has 4 aromatic carbocycles. The van der Waals surface area contributed by atoms with Crippen molar-refractivity contribution < 1.29 is 39.9 Å². The number of nitriles is 1. The summed E-state index contributed by atoms with van der Waals surface area (Å²) in [5, 5.41) is 8.83. The quantitative estimate of drug-likeness (QED) is 0.0684. The van der Waals surface area contributed by atoms with Crippen molar-refractivity contribution >= 4 is 8.60 Å². The smallest absolute Gasteiger partial charge is 0.409 e. The first-order chi connectivity index (χ1) is 20.3. The number of hydrogen-bond donors (Lipinski definition) is 0. The van der Waals surface area contributed by atoms with E-state index < -0.39 is 8.60 Å². The van der Waals surface area contributed by atoms with Crippen molar-refractivity contribution in [3.8, 4) is 23.3 Å². The molecule has 0 spiro atoms. The summed E-state index contributed by atoms with van der Waals surface area (Å²) in [6.07, 6.45) is 9.15. The zero-order chi connectivity index (χ0) is 29.5. The average molecular weight is 617 g/mol. The molecular formula is C34H28FeNO5P. The summed E-state index contributed by atoms with van der Waals surface area (Å²) < 4.78 is 32.5. The Morgan fingerprint density at radius 3 is 1.38 bits per heavy atom. The molecule has 5 rings (SSSR count). The Labute approximate surface area is 260 Å². The molecule has 42 heavy (non-hydrogen) atoms. The van der Waals surface area contributed by atoms with E-state index in [1.54, 1.807) is 0 Å². The molecule has 0 amide bonds. The van der Waals surface area contributed by atoms with E-state index in [0.717, 1.165) is 6.42 Å². The van der Waals surface area contributed by atoms with E-state index in [-0.39, 0.29) is 23.0 Å². The SMILES string of the molecule is N#C[C@@H]1[CH][CH][CH][C@H](c2ccccc2)C[CH]1.[C-]#[O+].[C-]#[O+].[Fe].c1ccc(OP(Oc2ccccc2)Oc2ccccc2)cc1.